The van der Waals surface area contributed by atoms with Gasteiger partial charge < -0.3 is 10.4 Å². The second-order valence-electron chi connectivity index (χ2n) is 3.31. The third kappa shape index (κ3) is 3.81. The van der Waals surface area contributed by atoms with Crippen molar-refractivity contribution in [1.29, 1.82) is 0 Å². The number of carbonyl (C=O) groups is 1. The lowest BCUT2D eigenvalue weighted by atomic mass is 10.0. The van der Waals surface area contributed by atoms with E-state index in [4.69, 9.17) is 5.11 Å². The molecule has 0 aromatic heterocycles. The molecule has 0 aromatic carbocycles. The first-order valence-corrected chi connectivity index (χ1v) is 4.66. The third-order valence-electron chi connectivity index (χ3n) is 1.87. The summed E-state index contributed by atoms with van der Waals surface area (Å²) in [5.41, 5.74) is 1.60. The number of aliphatic imine (C=N–C) groups is 1. The molecule has 15 heavy (non-hydrogen) atoms. The summed E-state index contributed by atoms with van der Waals surface area (Å²) in [7, 11) is 0. The van der Waals surface area contributed by atoms with Crippen LogP contribution in [0.15, 0.2) is 41.2 Å². The lowest BCUT2D eigenvalue weighted by Crippen LogP contribution is -2.27. The van der Waals surface area contributed by atoms with Crippen molar-refractivity contribution in [3.63, 3.8) is 0 Å². The number of nitrogens with zero attached hydrogens (tertiary/aromatic N) is 1. The molecule has 0 amide bonds. The van der Waals surface area contributed by atoms with Gasteiger partial charge in [-0.25, -0.2) is 0 Å². The fraction of sp³-hybridized carbons (Fsp3) is 0.273. The fourth-order valence-electron chi connectivity index (χ4n) is 1.41. The van der Waals surface area contributed by atoms with Crippen molar-refractivity contribution >= 4 is 12.2 Å². The standard InChI is InChI=1S/C11H14N2O2/c1-3-12-7-10-5-9(6-11(14)15)4-8(2)13-10/h3-5,7-8,13H,1,6H2,2H3,(H,14,15). The molecule has 0 aliphatic carbocycles. The van der Waals surface area contributed by atoms with Crippen LogP contribution in [0.25, 0.3) is 0 Å². The molecule has 4 nitrogen and oxygen atoms in total. The minimum atomic E-state index is -0.827. The van der Waals surface area contributed by atoms with Crippen molar-refractivity contribution in [3.8, 4) is 0 Å². The molecule has 0 spiro atoms. The van der Waals surface area contributed by atoms with Crippen LogP contribution in [0.5, 0.6) is 0 Å². The van der Waals surface area contributed by atoms with E-state index in [0.717, 1.165) is 11.3 Å². The van der Waals surface area contributed by atoms with E-state index in [9.17, 15) is 4.79 Å². The van der Waals surface area contributed by atoms with Crippen LogP contribution >= 0.6 is 0 Å². The summed E-state index contributed by atoms with van der Waals surface area (Å²) in [4.78, 5) is 14.4. The number of aliphatic carboxylic acids is 1. The van der Waals surface area contributed by atoms with Gasteiger partial charge in [0.2, 0.25) is 0 Å². The van der Waals surface area contributed by atoms with Gasteiger partial charge in [0.25, 0.3) is 0 Å². The molecule has 0 bridgehead atoms. The van der Waals surface area contributed by atoms with Gasteiger partial charge >= 0.3 is 5.97 Å². The van der Waals surface area contributed by atoms with Gasteiger partial charge in [-0.05, 0) is 18.6 Å². The first kappa shape index (κ1) is 11.2. The lowest BCUT2D eigenvalue weighted by molar-refractivity contribution is -0.136. The van der Waals surface area contributed by atoms with E-state index in [1.54, 1.807) is 12.3 Å². The molecule has 80 valence electrons. The summed E-state index contributed by atoms with van der Waals surface area (Å²) in [6, 6.07) is 0.121. The molecule has 1 rings (SSSR count). The quantitative estimate of drug-likeness (QED) is 0.685. The van der Waals surface area contributed by atoms with Crippen LogP contribution in [0.1, 0.15) is 13.3 Å². The molecule has 1 atom stereocenters. The Kier molecular flexibility index (Phi) is 3.85. The Labute approximate surface area is 88.7 Å². The van der Waals surface area contributed by atoms with Crippen LogP contribution in [0.2, 0.25) is 0 Å². The molecular formula is C11H14N2O2. The fourth-order valence-corrected chi connectivity index (χ4v) is 1.41. The van der Waals surface area contributed by atoms with Crippen molar-refractivity contribution in [2.24, 2.45) is 4.99 Å². The molecule has 1 aliphatic rings. The predicted molar refractivity (Wildman–Crippen MR) is 59.7 cm³/mol. The number of allylic oxidation sites excluding steroid dienone is 2. The molecule has 1 heterocycles. The van der Waals surface area contributed by atoms with Crippen molar-refractivity contribution in [2.45, 2.75) is 19.4 Å². The average molecular weight is 206 g/mol. The van der Waals surface area contributed by atoms with E-state index < -0.39 is 5.97 Å². The predicted octanol–water partition coefficient (Wildman–Crippen LogP) is 1.48. The summed E-state index contributed by atoms with van der Waals surface area (Å²) in [6.07, 6.45) is 6.76. The average Bonchev–Trinajstić information content (AvgIpc) is 2.12. The molecule has 0 fully saturated rings. The zero-order chi connectivity index (χ0) is 11.3. The second-order valence-corrected chi connectivity index (χ2v) is 3.31. The van der Waals surface area contributed by atoms with Gasteiger partial charge in [-0.15, -0.1) is 0 Å². The first-order valence-electron chi connectivity index (χ1n) is 4.66. The molecular weight excluding hydrogens is 192 g/mol. The van der Waals surface area contributed by atoms with Crippen LogP contribution in [-0.2, 0) is 4.79 Å². The van der Waals surface area contributed by atoms with E-state index in [0.29, 0.717) is 0 Å². The van der Waals surface area contributed by atoms with E-state index in [1.807, 2.05) is 13.0 Å². The summed E-state index contributed by atoms with van der Waals surface area (Å²) in [5.74, 6) is -0.827. The van der Waals surface area contributed by atoms with Gasteiger partial charge in [0.1, 0.15) is 0 Å². The topological polar surface area (TPSA) is 61.7 Å². The highest BCUT2D eigenvalue weighted by molar-refractivity contribution is 5.81. The number of dihydropyridines is 1. The Morgan fingerprint density at radius 3 is 3.13 bits per heavy atom. The monoisotopic (exact) mass is 206 g/mol. The largest absolute Gasteiger partial charge is 0.481 e. The van der Waals surface area contributed by atoms with Crippen molar-refractivity contribution in [1.82, 2.24) is 5.32 Å². The molecule has 0 radical (unpaired) electrons. The molecule has 0 saturated heterocycles. The Hall–Kier alpha value is -1.84. The normalized spacial score (nSPS) is 20.5. The summed E-state index contributed by atoms with van der Waals surface area (Å²) >= 11 is 0. The van der Waals surface area contributed by atoms with Crippen LogP contribution < -0.4 is 5.32 Å². The molecule has 2 N–H and O–H groups in total. The van der Waals surface area contributed by atoms with Crippen LogP contribution in [0.4, 0.5) is 0 Å². The van der Waals surface area contributed by atoms with Crippen LogP contribution in [-0.4, -0.2) is 23.3 Å². The zero-order valence-electron chi connectivity index (χ0n) is 8.60. The highest BCUT2D eigenvalue weighted by Gasteiger charge is 2.10. The van der Waals surface area contributed by atoms with E-state index in [-0.39, 0.29) is 12.5 Å². The minimum absolute atomic E-state index is 0.0391. The molecule has 1 aliphatic heterocycles. The highest BCUT2D eigenvalue weighted by Crippen LogP contribution is 2.12. The number of hydrogen-bond acceptors (Lipinski definition) is 3. The maximum absolute atomic E-state index is 10.6. The van der Waals surface area contributed by atoms with Crippen molar-refractivity contribution < 1.29 is 9.90 Å². The van der Waals surface area contributed by atoms with Gasteiger partial charge in [0.15, 0.2) is 0 Å². The molecule has 4 heteroatoms. The van der Waals surface area contributed by atoms with Gasteiger partial charge in [-0.1, -0.05) is 12.7 Å². The zero-order valence-corrected chi connectivity index (χ0v) is 8.60. The second kappa shape index (κ2) is 5.14. The molecule has 0 aromatic rings. The Morgan fingerprint density at radius 2 is 2.53 bits per heavy atom. The van der Waals surface area contributed by atoms with Crippen molar-refractivity contribution in [2.75, 3.05) is 0 Å². The summed E-state index contributed by atoms with van der Waals surface area (Å²) < 4.78 is 0. The smallest absolute Gasteiger partial charge is 0.307 e. The van der Waals surface area contributed by atoms with Crippen molar-refractivity contribution in [3.05, 3.63) is 36.2 Å². The minimum Gasteiger partial charge on any atom is -0.481 e. The number of hydrogen-bond donors (Lipinski definition) is 2. The summed E-state index contributed by atoms with van der Waals surface area (Å²) in [5, 5.41) is 11.8. The first-order chi connectivity index (χ1) is 7.11. The third-order valence-corrected chi connectivity index (χ3v) is 1.87. The maximum Gasteiger partial charge on any atom is 0.307 e. The number of carboxylic acids is 1. The SMILES string of the molecule is C=CN=CC1=CC(CC(=O)O)=CC(C)N1. The van der Waals surface area contributed by atoms with Gasteiger partial charge in [0, 0.05) is 18.5 Å². The number of carboxylic acid groups (broad SMARTS) is 1. The van der Waals surface area contributed by atoms with E-state index >= 15 is 0 Å². The Bertz CT molecular complexity index is 354. The molecule has 1 unspecified atom stereocenters. The Morgan fingerprint density at radius 1 is 1.80 bits per heavy atom. The van der Waals surface area contributed by atoms with E-state index in [2.05, 4.69) is 16.9 Å². The van der Waals surface area contributed by atoms with Crippen LogP contribution in [0, 0.1) is 0 Å². The maximum atomic E-state index is 10.6. The Balaban J connectivity index is 2.78. The van der Waals surface area contributed by atoms with Crippen LogP contribution in [0.3, 0.4) is 0 Å². The highest BCUT2D eigenvalue weighted by atomic mass is 16.4. The van der Waals surface area contributed by atoms with Gasteiger partial charge in [0.05, 0.1) is 12.1 Å². The van der Waals surface area contributed by atoms with Gasteiger partial charge in [-0.3, -0.25) is 9.79 Å². The van der Waals surface area contributed by atoms with E-state index in [1.165, 1.54) is 6.20 Å². The number of rotatable bonds is 4. The summed E-state index contributed by atoms with van der Waals surface area (Å²) in [6.45, 7) is 5.42. The van der Waals surface area contributed by atoms with Gasteiger partial charge in [-0.2, -0.15) is 0 Å². The lowest BCUT2D eigenvalue weighted by Gasteiger charge is -2.18. The number of nitrogens with one attached hydrogen (secondary N) is 1. The molecule has 0 saturated carbocycles.